The zero-order valence-corrected chi connectivity index (χ0v) is 18.1. The fourth-order valence-corrected chi connectivity index (χ4v) is 4.70. The Morgan fingerprint density at radius 2 is 1.48 bits per heavy atom. The van der Waals surface area contributed by atoms with Crippen LogP contribution in [0.5, 0.6) is 11.5 Å². The molecule has 0 radical (unpaired) electrons. The van der Waals surface area contributed by atoms with Crippen molar-refractivity contribution >= 4 is 20.9 Å². The van der Waals surface area contributed by atoms with Crippen molar-refractivity contribution in [1.29, 1.82) is 0 Å². The minimum absolute atomic E-state index is 0.185. The van der Waals surface area contributed by atoms with Crippen LogP contribution in [-0.4, -0.2) is 34.2 Å². The monoisotopic (exact) mass is 436 g/mol. The summed E-state index contributed by atoms with van der Waals surface area (Å²) in [6.07, 6.45) is 1.95. The molecule has 0 aliphatic rings. The van der Waals surface area contributed by atoms with E-state index in [4.69, 9.17) is 9.47 Å². The van der Waals surface area contributed by atoms with Crippen molar-refractivity contribution in [3.8, 4) is 11.5 Å². The van der Waals surface area contributed by atoms with Crippen molar-refractivity contribution in [2.24, 2.45) is 0 Å². The SMILES string of the molecule is COc1ccc(C(CNS(=O)(=O)c2ccc(OC)cc2)c2c[nH]c3ccccc23)cc1. The van der Waals surface area contributed by atoms with Gasteiger partial charge in [0.25, 0.3) is 0 Å². The predicted molar refractivity (Wildman–Crippen MR) is 121 cm³/mol. The molecule has 6 nitrogen and oxygen atoms in total. The van der Waals surface area contributed by atoms with Gasteiger partial charge in [0.2, 0.25) is 10.0 Å². The zero-order chi connectivity index (χ0) is 21.8. The summed E-state index contributed by atoms with van der Waals surface area (Å²) in [7, 11) is -0.522. The van der Waals surface area contributed by atoms with Crippen LogP contribution in [-0.2, 0) is 10.0 Å². The molecule has 0 saturated carbocycles. The van der Waals surface area contributed by atoms with Crippen molar-refractivity contribution in [3.63, 3.8) is 0 Å². The molecular weight excluding hydrogens is 412 g/mol. The van der Waals surface area contributed by atoms with Gasteiger partial charge in [-0.05, 0) is 53.6 Å². The smallest absolute Gasteiger partial charge is 0.240 e. The number of fused-ring (bicyclic) bond motifs is 1. The minimum Gasteiger partial charge on any atom is -0.497 e. The topological polar surface area (TPSA) is 80.4 Å². The van der Waals surface area contributed by atoms with Crippen molar-refractivity contribution in [2.75, 3.05) is 20.8 Å². The predicted octanol–water partition coefficient (Wildman–Crippen LogP) is 4.30. The summed E-state index contributed by atoms with van der Waals surface area (Å²) in [6, 6.07) is 22.0. The summed E-state index contributed by atoms with van der Waals surface area (Å²) in [5.41, 5.74) is 3.02. The average molecular weight is 437 g/mol. The Morgan fingerprint density at radius 3 is 2.13 bits per heavy atom. The average Bonchev–Trinajstić information content (AvgIpc) is 3.23. The highest BCUT2D eigenvalue weighted by Crippen LogP contribution is 2.32. The van der Waals surface area contributed by atoms with E-state index in [1.54, 1.807) is 26.4 Å². The van der Waals surface area contributed by atoms with Crippen LogP contribution in [0.3, 0.4) is 0 Å². The third kappa shape index (κ3) is 4.42. The molecule has 4 rings (SSSR count). The van der Waals surface area contributed by atoms with Gasteiger partial charge in [0, 0.05) is 29.6 Å². The lowest BCUT2D eigenvalue weighted by Crippen LogP contribution is -2.29. The van der Waals surface area contributed by atoms with E-state index < -0.39 is 10.0 Å². The molecule has 2 N–H and O–H groups in total. The van der Waals surface area contributed by atoms with Crippen molar-refractivity contribution in [2.45, 2.75) is 10.8 Å². The highest BCUT2D eigenvalue weighted by molar-refractivity contribution is 7.89. The molecular formula is C24H24N2O4S. The van der Waals surface area contributed by atoms with Crippen LogP contribution in [0, 0.1) is 0 Å². The number of nitrogens with one attached hydrogen (secondary N) is 2. The van der Waals surface area contributed by atoms with Crippen molar-refractivity contribution in [3.05, 3.63) is 90.1 Å². The largest absolute Gasteiger partial charge is 0.497 e. The Bertz CT molecular complexity index is 1260. The number of aromatic nitrogens is 1. The first-order valence-corrected chi connectivity index (χ1v) is 11.3. The standard InChI is InChI=1S/C24H24N2O4S/c1-29-18-9-7-17(8-10-18)22(23-15-25-24-6-4-3-5-21(23)24)16-26-31(27,28)20-13-11-19(30-2)12-14-20/h3-15,22,25-26H,16H2,1-2H3. The lowest BCUT2D eigenvalue weighted by atomic mass is 9.91. The van der Waals surface area contributed by atoms with Crippen LogP contribution in [0.4, 0.5) is 0 Å². The number of methoxy groups -OCH3 is 2. The number of rotatable bonds is 8. The second-order valence-electron chi connectivity index (χ2n) is 7.14. The van der Waals surface area contributed by atoms with E-state index in [0.717, 1.165) is 27.8 Å². The molecule has 0 aliphatic heterocycles. The van der Waals surface area contributed by atoms with Gasteiger partial charge in [0.05, 0.1) is 19.1 Å². The van der Waals surface area contributed by atoms with Crippen LogP contribution in [0.15, 0.2) is 83.9 Å². The Hall–Kier alpha value is -3.29. The molecule has 1 unspecified atom stereocenters. The molecule has 0 bridgehead atoms. The van der Waals surface area contributed by atoms with Gasteiger partial charge in [-0.2, -0.15) is 0 Å². The lowest BCUT2D eigenvalue weighted by Gasteiger charge is -2.19. The van der Waals surface area contributed by atoms with Gasteiger partial charge in [-0.25, -0.2) is 13.1 Å². The number of para-hydroxylation sites is 1. The molecule has 4 aromatic rings. The number of sulfonamides is 1. The van der Waals surface area contributed by atoms with Crippen LogP contribution >= 0.6 is 0 Å². The summed E-state index contributed by atoms with van der Waals surface area (Å²) in [6.45, 7) is 0.211. The second-order valence-corrected chi connectivity index (χ2v) is 8.91. The van der Waals surface area contributed by atoms with Crippen LogP contribution in [0.25, 0.3) is 10.9 Å². The maximum atomic E-state index is 12.9. The van der Waals surface area contributed by atoms with Crippen LogP contribution in [0.1, 0.15) is 17.0 Å². The first kappa shape index (κ1) is 21.0. The first-order chi connectivity index (χ1) is 15.0. The maximum Gasteiger partial charge on any atom is 0.240 e. The molecule has 1 aromatic heterocycles. The van der Waals surface area contributed by atoms with Gasteiger partial charge in [0.15, 0.2) is 0 Å². The number of benzene rings is 3. The first-order valence-electron chi connectivity index (χ1n) is 9.85. The number of hydrogen-bond acceptors (Lipinski definition) is 4. The van der Waals surface area contributed by atoms with Crippen LogP contribution in [0.2, 0.25) is 0 Å². The van der Waals surface area contributed by atoms with Crippen molar-refractivity contribution in [1.82, 2.24) is 9.71 Å². The van der Waals surface area contributed by atoms with E-state index >= 15 is 0 Å². The van der Waals surface area contributed by atoms with E-state index in [0.29, 0.717) is 5.75 Å². The molecule has 0 amide bonds. The summed E-state index contributed by atoms with van der Waals surface area (Å²) in [4.78, 5) is 3.48. The zero-order valence-electron chi connectivity index (χ0n) is 17.3. The van der Waals surface area contributed by atoms with Gasteiger partial charge in [-0.1, -0.05) is 30.3 Å². The molecule has 0 aliphatic carbocycles. The Balaban J connectivity index is 1.67. The van der Waals surface area contributed by atoms with Gasteiger partial charge < -0.3 is 14.5 Å². The molecule has 0 fully saturated rings. The molecule has 160 valence electrons. The van der Waals surface area contributed by atoms with Gasteiger partial charge >= 0.3 is 0 Å². The van der Waals surface area contributed by atoms with Gasteiger partial charge in [-0.15, -0.1) is 0 Å². The second kappa shape index (κ2) is 8.83. The molecule has 1 heterocycles. The summed E-state index contributed by atoms with van der Waals surface area (Å²) in [5, 5.41) is 1.06. The number of hydrogen-bond donors (Lipinski definition) is 2. The quantitative estimate of drug-likeness (QED) is 0.432. The van der Waals surface area contributed by atoms with Gasteiger partial charge in [-0.3, -0.25) is 0 Å². The normalized spacial score (nSPS) is 12.6. The molecule has 0 saturated heterocycles. The highest BCUT2D eigenvalue weighted by atomic mass is 32.2. The Kier molecular flexibility index (Phi) is 5.97. The fourth-order valence-electron chi connectivity index (χ4n) is 3.66. The molecule has 7 heteroatoms. The highest BCUT2D eigenvalue weighted by Gasteiger charge is 2.22. The molecule has 31 heavy (non-hydrogen) atoms. The molecule has 1 atom stereocenters. The molecule has 0 spiro atoms. The van der Waals surface area contributed by atoms with E-state index in [2.05, 4.69) is 9.71 Å². The third-order valence-electron chi connectivity index (χ3n) is 5.36. The summed E-state index contributed by atoms with van der Waals surface area (Å²) >= 11 is 0. The van der Waals surface area contributed by atoms with E-state index in [1.165, 1.54) is 12.1 Å². The Morgan fingerprint density at radius 1 is 0.871 bits per heavy atom. The maximum absolute atomic E-state index is 12.9. The van der Waals surface area contributed by atoms with Crippen LogP contribution < -0.4 is 14.2 Å². The minimum atomic E-state index is -3.69. The lowest BCUT2D eigenvalue weighted by molar-refractivity contribution is 0.414. The summed E-state index contributed by atoms with van der Waals surface area (Å²) in [5.74, 6) is 1.17. The third-order valence-corrected chi connectivity index (χ3v) is 6.80. The molecule has 3 aromatic carbocycles. The van der Waals surface area contributed by atoms with E-state index in [-0.39, 0.29) is 17.4 Å². The van der Waals surface area contributed by atoms with E-state index in [1.807, 2.05) is 54.7 Å². The van der Waals surface area contributed by atoms with Crippen molar-refractivity contribution < 1.29 is 17.9 Å². The van der Waals surface area contributed by atoms with Gasteiger partial charge in [0.1, 0.15) is 11.5 Å². The fraction of sp³-hybridized carbons (Fsp3) is 0.167. The number of ether oxygens (including phenoxy) is 2. The number of H-pyrrole nitrogens is 1. The Labute approximate surface area is 181 Å². The van der Waals surface area contributed by atoms with E-state index in [9.17, 15) is 8.42 Å². The summed E-state index contributed by atoms with van der Waals surface area (Å²) < 4.78 is 39.0. The number of aromatic amines is 1.